The largest absolute Gasteiger partial charge is 0.445 e. The van der Waals surface area contributed by atoms with Crippen LogP contribution in [0.25, 0.3) is 10.9 Å². The number of para-hydroxylation sites is 1. The summed E-state index contributed by atoms with van der Waals surface area (Å²) in [5, 5.41) is 28.1. The van der Waals surface area contributed by atoms with Gasteiger partial charge in [-0.05, 0) is 57.1 Å². The molecule has 2 aromatic carbocycles. The van der Waals surface area contributed by atoms with E-state index in [9.17, 15) is 33.9 Å². The number of aliphatic hydroxyl groups is 1. The number of nitrogens with one attached hydrogen (secondary N) is 3. The minimum atomic E-state index is -1.37. The molecule has 0 spiro atoms. The van der Waals surface area contributed by atoms with Crippen molar-refractivity contribution < 1.29 is 38.6 Å². The van der Waals surface area contributed by atoms with Gasteiger partial charge < -0.3 is 36.4 Å². The highest BCUT2D eigenvalue weighted by molar-refractivity contribution is 6.37. The van der Waals surface area contributed by atoms with Gasteiger partial charge in [0.1, 0.15) is 24.3 Å². The molecule has 1 saturated carbocycles. The number of hydrogen-bond acceptors (Lipinski definition) is 12. The van der Waals surface area contributed by atoms with Gasteiger partial charge in [0.25, 0.3) is 11.8 Å². The summed E-state index contributed by atoms with van der Waals surface area (Å²) < 4.78 is 6.72. The smallest absolute Gasteiger partial charge is 0.407 e. The molecule has 2 fully saturated rings. The molecule has 4 atom stereocenters. The highest BCUT2D eigenvalue weighted by atomic mass is 16.5. The number of carbonyl (C=O) groups excluding carboxylic acids is 6. The van der Waals surface area contributed by atoms with Gasteiger partial charge in [-0.1, -0.05) is 85.8 Å². The third-order valence-corrected chi connectivity index (χ3v) is 11.3. The number of nitrogens with zero attached hydrogens (tertiary/aromatic N) is 6. The second-order valence-corrected chi connectivity index (χ2v) is 16.3. The van der Waals surface area contributed by atoms with Gasteiger partial charge >= 0.3 is 6.09 Å². The lowest BCUT2D eigenvalue weighted by molar-refractivity contribution is -0.142. The van der Waals surface area contributed by atoms with E-state index in [1.165, 1.54) is 15.8 Å². The normalized spacial score (nSPS) is 17.9. The minimum Gasteiger partial charge on any atom is -0.445 e. The summed E-state index contributed by atoms with van der Waals surface area (Å²) in [6, 6.07) is 12.2. The van der Waals surface area contributed by atoms with Crippen LogP contribution in [-0.4, -0.2) is 102 Å². The van der Waals surface area contributed by atoms with Crippen molar-refractivity contribution in [2.75, 3.05) is 13.1 Å². The van der Waals surface area contributed by atoms with Gasteiger partial charge in [-0.15, -0.1) is 5.10 Å². The molecule has 324 valence electrons. The molecular weight excluding hydrogens is 785 g/mol. The number of nitrogens with two attached hydrogens (primary N) is 1. The van der Waals surface area contributed by atoms with E-state index < -0.39 is 65.3 Å². The fourth-order valence-corrected chi connectivity index (χ4v) is 8.06. The lowest BCUT2D eigenvalue weighted by atomic mass is 9.84. The van der Waals surface area contributed by atoms with Crippen LogP contribution in [0.15, 0.2) is 67.0 Å². The first kappa shape index (κ1) is 44.3. The predicted molar refractivity (Wildman–Crippen MR) is 221 cm³/mol. The third kappa shape index (κ3) is 11.7. The van der Waals surface area contributed by atoms with E-state index in [1.54, 1.807) is 32.2 Å². The first-order chi connectivity index (χ1) is 29.3. The molecule has 1 unspecified atom stereocenters. The number of primary amides is 1. The summed E-state index contributed by atoms with van der Waals surface area (Å²) in [6.07, 6.45) is 8.13. The Kier molecular flexibility index (Phi) is 14.7. The Balaban J connectivity index is 1.19. The van der Waals surface area contributed by atoms with Crippen LogP contribution in [0.3, 0.4) is 0 Å². The number of likely N-dealkylation sites (tertiary alicyclic amines) is 1. The molecule has 4 aromatic rings. The first-order valence-corrected chi connectivity index (χ1v) is 20.8. The SMILES string of the molecule is CC(C)(O)c1cnnn1[C@H]1C[C@@H](C(=O)NC(CCCCNC(=O)OCc2ccccc2)C(=O)C(N)=O)N(C(=O)[C@@H](CC2CCCCC2)NC(=O)c2ncc3ccccc3n2)C1. The second kappa shape index (κ2) is 20.3. The van der Waals surface area contributed by atoms with Crippen LogP contribution in [0, 0.1) is 5.92 Å². The van der Waals surface area contributed by atoms with Crippen molar-refractivity contribution in [3.8, 4) is 0 Å². The monoisotopic (exact) mass is 838 g/mol. The summed E-state index contributed by atoms with van der Waals surface area (Å²) in [5.74, 6) is -4.15. The molecule has 0 radical (unpaired) electrons. The van der Waals surface area contributed by atoms with Gasteiger partial charge in [-0.2, -0.15) is 0 Å². The Morgan fingerprint density at radius 2 is 1.67 bits per heavy atom. The molecule has 1 aliphatic heterocycles. The van der Waals surface area contributed by atoms with Gasteiger partial charge in [-0.3, -0.25) is 24.0 Å². The number of unbranched alkanes of at least 4 members (excludes halogenated alkanes) is 1. The average molecular weight is 839 g/mol. The van der Waals surface area contributed by atoms with Crippen LogP contribution >= 0.6 is 0 Å². The molecule has 18 heteroatoms. The maximum Gasteiger partial charge on any atom is 0.407 e. The number of rotatable bonds is 18. The van der Waals surface area contributed by atoms with Crippen molar-refractivity contribution in [3.63, 3.8) is 0 Å². The molecule has 18 nitrogen and oxygen atoms in total. The molecule has 3 heterocycles. The summed E-state index contributed by atoms with van der Waals surface area (Å²) >= 11 is 0. The Morgan fingerprint density at radius 1 is 0.934 bits per heavy atom. The van der Waals surface area contributed by atoms with Crippen molar-refractivity contribution >= 4 is 46.4 Å². The molecule has 2 aliphatic rings. The number of benzene rings is 2. The Labute approximate surface area is 353 Å². The molecule has 6 N–H and O–H groups in total. The van der Waals surface area contributed by atoms with Gasteiger partial charge in [0.05, 0.1) is 29.5 Å². The maximum atomic E-state index is 14.9. The molecular formula is C43H54N10O8. The molecule has 5 amide bonds. The van der Waals surface area contributed by atoms with Crippen molar-refractivity contribution in [1.29, 1.82) is 0 Å². The molecule has 0 bridgehead atoms. The Bertz CT molecular complexity index is 2190. The zero-order valence-corrected chi connectivity index (χ0v) is 34.5. The van der Waals surface area contributed by atoms with E-state index in [-0.39, 0.29) is 44.3 Å². The highest BCUT2D eigenvalue weighted by Crippen LogP contribution is 2.33. The fraction of sp³-hybridized carbons (Fsp3) is 0.488. The zero-order chi connectivity index (χ0) is 43.5. The van der Waals surface area contributed by atoms with Gasteiger partial charge in [0, 0.05) is 31.1 Å². The number of Topliss-reactive ketones (excluding diaryl/α,β-unsaturated/α-hetero) is 1. The van der Waals surface area contributed by atoms with Crippen LogP contribution in [0.2, 0.25) is 0 Å². The molecule has 2 aromatic heterocycles. The summed E-state index contributed by atoms with van der Waals surface area (Å²) in [4.78, 5) is 90.6. The zero-order valence-electron chi connectivity index (χ0n) is 34.5. The second-order valence-electron chi connectivity index (χ2n) is 16.3. The minimum absolute atomic E-state index is 0.00832. The van der Waals surface area contributed by atoms with Gasteiger partial charge in [-0.25, -0.2) is 19.4 Å². The quantitative estimate of drug-likeness (QED) is 0.0717. The molecule has 1 saturated heterocycles. The molecule has 6 rings (SSSR count). The van der Waals surface area contributed by atoms with Crippen molar-refractivity contribution in [3.05, 3.63) is 84.1 Å². The van der Waals surface area contributed by atoms with E-state index in [1.807, 2.05) is 42.5 Å². The number of alkyl carbamates (subject to hydrolysis) is 1. The highest BCUT2D eigenvalue weighted by Gasteiger charge is 2.45. The number of ether oxygens (including phenoxy) is 1. The summed E-state index contributed by atoms with van der Waals surface area (Å²) in [6.45, 7) is 3.38. The Hall–Kier alpha value is -6.30. The van der Waals surface area contributed by atoms with E-state index in [2.05, 4.69) is 36.2 Å². The Morgan fingerprint density at radius 3 is 2.41 bits per heavy atom. The predicted octanol–water partition coefficient (Wildman–Crippen LogP) is 3.00. The lowest BCUT2D eigenvalue weighted by Gasteiger charge is -2.32. The fourth-order valence-electron chi connectivity index (χ4n) is 8.06. The number of ketones is 1. The number of amides is 5. The van der Waals surface area contributed by atoms with E-state index in [0.717, 1.165) is 43.1 Å². The van der Waals surface area contributed by atoms with Crippen LogP contribution in [0.4, 0.5) is 4.79 Å². The van der Waals surface area contributed by atoms with Crippen molar-refractivity contribution in [1.82, 2.24) is 45.8 Å². The topological polar surface area (TPSA) is 254 Å². The van der Waals surface area contributed by atoms with Crippen LogP contribution < -0.4 is 21.7 Å². The molecule has 1 aliphatic carbocycles. The first-order valence-electron chi connectivity index (χ1n) is 20.8. The average Bonchev–Trinajstić information content (AvgIpc) is 3.94. The number of aromatic nitrogens is 5. The van der Waals surface area contributed by atoms with E-state index >= 15 is 0 Å². The number of fused-ring (bicyclic) bond motifs is 1. The standard InChI is InChI=1S/C43H54N10O8/c1-43(2,60)35-24-47-51-53(35)30-22-34(39(56)49-32(36(54)37(44)55)19-11-12-20-45-42(59)61-26-28-15-7-4-8-16-28)52(25-30)41(58)33(21-27-13-5-3-6-14-27)50-40(57)38-46-23-29-17-9-10-18-31(29)48-38/h4,7-10,15-18,23-24,27,30,32-34,60H,3,5-6,11-14,19-22,25-26H2,1-2H3,(H2,44,55)(H,45,59)(H,49,56)(H,50,57)/t30-,32?,33+,34-/m0/s1. The van der Waals surface area contributed by atoms with Crippen LogP contribution in [0.1, 0.15) is 106 Å². The van der Waals surface area contributed by atoms with Gasteiger partial charge in [0.2, 0.25) is 23.4 Å². The van der Waals surface area contributed by atoms with E-state index in [0.29, 0.717) is 30.5 Å². The van der Waals surface area contributed by atoms with Crippen LogP contribution in [-0.2, 0) is 36.1 Å². The lowest BCUT2D eigenvalue weighted by Crippen LogP contribution is -2.56. The molecule has 61 heavy (non-hydrogen) atoms. The summed E-state index contributed by atoms with van der Waals surface area (Å²) in [7, 11) is 0. The maximum absolute atomic E-state index is 14.9. The third-order valence-electron chi connectivity index (χ3n) is 11.3. The van der Waals surface area contributed by atoms with Gasteiger partial charge in [0.15, 0.2) is 0 Å². The summed E-state index contributed by atoms with van der Waals surface area (Å²) in [5.41, 5.74) is 5.79. The van der Waals surface area contributed by atoms with Crippen molar-refractivity contribution in [2.45, 2.75) is 114 Å². The number of hydrogen-bond donors (Lipinski definition) is 5. The van der Waals surface area contributed by atoms with Crippen molar-refractivity contribution in [2.24, 2.45) is 11.7 Å². The number of carbonyl (C=O) groups is 6. The van der Waals surface area contributed by atoms with E-state index in [4.69, 9.17) is 10.5 Å². The van der Waals surface area contributed by atoms with Crippen LogP contribution in [0.5, 0.6) is 0 Å².